The predicted molar refractivity (Wildman–Crippen MR) is 70.3 cm³/mol. The van der Waals surface area contributed by atoms with E-state index in [0.29, 0.717) is 0 Å². The molecule has 18 heavy (non-hydrogen) atoms. The van der Waals surface area contributed by atoms with Crippen molar-refractivity contribution < 1.29 is 9.31 Å². The van der Waals surface area contributed by atoms with Gasteiger partial charge in [0.2, 0.25) is 0 Å². The van der Waals surface area contributed by atoms with Crippen LogP contribution in [0.4, 0.5) is 10.1 Å². The van der Waals surface area contributed by atoms with Crippen LogP contribution in [-0.4, -0.2) is 4.92 Å². The van der Waals surface area contributed by atoms with Gasteiger partial charge in [-0.25, -0.2) is 4.39 Å². The van der Waals surface area contributed by atoms with E-state index in [-0.39, 0.29) is 16.3 Å². The van der Waals surface area contributed by atoms with Gasteiger partial charge in [-0.15, -0.1) is 0 Å². The van der Waals surface area contributed by atoms with Crippen molar-refractivity contribution >= 4 is 21.6 Å². The summed E-state index contributed by atoms with van der Waals surface area (Å²) in [5, 5.41) is 10.5. The number of nitro groups is 1. The molecule has 0 aliphatic heterocycles. The third-order valence-electron chi connectivity index (χ3n) is 2.56. The molecular formula is C13H9BrFNO2. The maximum atomic E-state index is 12.8. The van der Waals surface area contributed by atoms with Gasteiger partial charge in [-0.3, -0.25) is 10.1 Å². The third-order valence-corrected chi connectivity index (χ3v) is 3.62. The first kappa shape index (κ1) is 12.7. The topological polar surface area (TPSA) is 43.1 Å². The summed E-state index contributed by atoms with van der Waals surface area (Å²) in [7, 11) is 0. The minimum atomic E-state index is -0.440. The zero-order valence-electron chi connectivity index (χ0n) is 9.22. The molecule has 0 amide bonds. The van der Waals surface area contributed by atoms with Crippen molar-refractivity contribution in [1.82, 2.24) is 0 Å². The van der Waals surface area contributed by atoms with Crippen LogP contribution in [0.5, 0.6) is 0 Å². The zero-order chi connectivity index (χ0) is 13.1. The average Bonchev–Trinajstić information content (AvgIpc) is 2.39. The van der Waals surface area contributed by atoms with Gasteiger partial charge in [-0.05, 0) is 23.3 Å². The Morgan fingerprint density at radius 2 is 1.44 bits per heavy atom. The van der Waals surface area contributed by atoms with Gasteiger partial charge in [0.1, 0.15) is 5.82 Å². The van der Waals surface area contributed by atoms with Crippen LogP contribution in [0.3, 0.4) is 0 Å². The van der Waals surface area contributed by atoms with Gasteiger partial charge in [-0.1, -0.05) is 40.2 Å². The number of nitrogens with zero attached hydrogens (tertiary/aromatic N) is 1. The quantitative estimate of drug-likeness (QED) is 0.484. The van der Waals surface area contributed by atoms with Gasteiger partial charge in [0.15, 0.2) is 0 Å². The van der Waals surface area contributed by atoms with Crippen LogP contribution in [0.15, 0.2) is 48.5 Å². The fourth-order valence-electron chi connectivity index (χ4n) is 1.59. The second-order valence-corrected chi connectivity index (χ2v) is 4.68. The molecule has 0 spiro atoms. The van der Waals surface area contributed by atoms with Crippen molar-refractivity contribution in [2.75, 3.05) is 0 Å². The molecule has 2 rings (SSSR count). The fraction of sp³-hybridized carbons (Fsp3) is 0.0769. The summed E-state index contributed by atoms with van der Waals surface area (Å²) < 4.78 is 12.8. The summed E-state index contributed by atoms with van der Waals surface area (Å²) in [6, 6.07) is 12.4. The summed E-state index contributed by atoms with van der Waals surface area (Å²) in [6.45, 7) is 0. The smallest absolute Gasteiger partial charge is 0.258 e. The zero-order valence-corrected chi connectivity index (χ0v) is 10.8. The SMILES string of the molecule is O=[N+]([O-])c1ccc(C(Br)c2ccc(F)cc2)cc1. The molecule has 0 saturated heterocycles. The summed E-state index contributed by atoms with van der Waals surface area (Å²) in [5.74, 6) is -0.290. The first-order chi connectivity index (χ1) is 8.58. The van der Waals surface area contributed by atoms with Crippen molar-refractivity contribution in [3.63, 3.8) is 0 Å². The van der Waals surface area contributed by atoms with Crippen LogP contribution in [0.25, 0.3) is 0 Å². The maximum absolute atomic E-state index is 12.8. The van der Waals surface area contributed by atoms with Gasteiger partial charge in [0.05, 0.1) is 9.75 Å². The van der Waals surface area contributed by atoms with Crippen LogP contribution in [0.1, 0.15) is 16.0 Å². The van der Waals surface area contributed by atoms with Crippen molar-refractivity contribution in [3.8, 4) is 0 Å². The molecule has 0 N–H and O–H groups in total. The highest BCUT2D eigenvalue weighted by atomic mass is 79.9. The van der Waals surface area contributed by atoms with Gasteiger partial charge in [0.25, 0.3) is 5.69 Å². The standard InChI is InChI=1S/C13H9BrFNO2/c14-13(9-1-5-11(15)6-2-9)10-3-7-12(8-4-10)16(17)18/h1-8,13H. The normalized spacial score (nSPS) is 12.1. The predicted octanol–water partition coefficient (Wildman–Crippen LogP) is 4.22. The monoisotopic (exact) mass is 309 g/mol. The Morgan fingerprint density at radius 1 is 1.00 bits per heavy atom. The molecular weight excluding hydrogens is 301 g/mol. The lowest BCUT2D eigenvalue weighted by Gasteiger charge is -2.10. The molecule has 0 fully saturated rings. The summed E-state index contributed by atoms with van der Waals surface area (Å²) in [5.41, 5.74) is 1.83. The minimum Gasteiger partial charge on any atom is -0.258 e. The summed E-state index contributed by atoms with van der Waals surface area (Å²) >= 11 is 3.49. The van der Waals surface area contributed by atoms with Crippen molar-refractivity contribution in [2.24, 2.45) is 0 Å². The van der Waals surface area contributed by atoms with E-state index in [0.717, 1.165) is 11.1 Å². The molecule has 0 bridgehead atoms. The Kier molecular flexibility index (Phi) is 3.72. The van der Waals surface area contributed by atoms with E-state index in [1.54, 1.807) is 24.3 Å². The van der Waals surface area contributed by atoms with E-state index >= 15 is 0 Å². The molecule has 0 aromatic heterocycles. The number of alkyl halides is 1. The van der Waals surface area contributed by atoms with Crippen molar-refractivity contribution in [3.05, 3.63) is 75.6 Å². The number of non-ortho nitro benzene ring substituents is 1. The van der Waals surface area contributed by atoms with Crippen LogP contribution in [-0.2, 0) is 0 Å². The molecule has 2 aromatic carbocycles. The molecule has 1 atom stereocenters. The molecule has 0 saturated carbocycles. The van der Waals surface area contributed by atoms with E-state index in [1.165, 1.54) is 24.3 Å². The van der Waals surface area contributed by atoms with Crippen LogP contribution in [0.2, 0.25) is 0 Å². The minimum absolute atomic E-state index is 0.0533. The number of benzene rings is 2. The number of nitro benzene ring substituents is 1. The Bertz CT molecular complexity index is 554. The second-order valence-electron chi connectivity index (χ2n) is 3.76. The lowest BCUT2D eigenvalue weighted by Crippen LogP contribution is -1.94. The Labute approximate surface area is 112 Å². The highest BCUT2D eigenvalue weighted by Gasteiger charge is 2.12. The first-order valence-electron chi connectivity index (χ1n) is 5.22. The van der Waals surface area contributed by atoms with Gasteiger partial charge >= 0.3 is 0 Å². The number of rotatable bonds is 3. The Morgan fingerprint density at radius 3 is 1.89 bits per heavy atom. The van der Waals surface area contributed by atoms with Crippen LogP contribution >= 0.6 is 15.9 Å². The third kappa shape index (κ3) is 2.73. The Balaban J connectivity index is 2.25. The molecule has 0 radical (unpaired) electrons. The highest BCUT2D eigenvalue weighted by molar-refractivity contribution is 9.09. The van der Waals surface area contributed by atoms with Gasteiger partial charge in [0, 0.05) is 12.1 Å². The number of halogens is 2. The van der Waals surface area contributed by atoms with E-state index < -0.39 is 4.92 Å². The van der Waals surface area contributed by atoms with Crippen molar-refractivity contribution in [2.45, 2.75) is 4.83 Å². The number of hydrogen-bond donors (Lipinski definition) is 0. The summed E-state index contributed by atoms with van der Waals surface area (Å²) in [6.07, 6.45) is 0. The summed E-state index contributed by atoms with van der Waals surface area (Å²) in [4.78, 5) is 9.99. The second kappa shape index (κ2) is 5.27. The lowest BCUT2D eigenvalue weighted by molar-refractivity contribution is -0.384. The average molecular weight is 310 g/mol. The molecule has 92 valence electrons. The van der Waals surface area contributed by atoms with E-state index in [2.05, 4.69) is 15.9 Å². The fourth-order valence-corrected chi connectivity index (χ4v) is 2.20. The lowest BCUT2D eigenvalue weighted by atomic mass is 10.0. The molecule has 5 heteroatoms. The van der Waals surface area contributed by atoms with E-state index in [1.807, 2.05) is 0 Å². The molecule has 2 aromatic rings. The van der Waals surface area contributed by atoms with Gasteiger partial charge in [-0.2, -0.15) is 0 Å². The first-order valence-corrected chi connectivity index (χ1v) is 6.13. The van der Waals surface area contributed by atoms with Crippen molar-refractivity contribution in [1.29, 1.82) is 0 Å². The maximum Gasteiger partial charge on any atom is 0.269 e. The number of hydrogen-bond acceptors (Lipinski definition) is 2. The molecule has 3 nitrogen and oxygen atoms in total. The molecule has 1 unspecified atom stereocenters. The molecule has 0 aliphatic carbocycles. The Hall–Kier alpha value is -1.75. The molecule has 0 heterocycles. The van der Waals surface area contributed by atoms with Crippen LogP contribution in [0, 0.1) is 15.9 Å². The highest BCUT2D eigenvalue weighted by Crippen LogP contribution is 2.31. The van der Waals surface area contributed by atoms with Crippen LogP contribution < -0.4 is 0 Å². The molecule has 0 aliphatic rings. The van der Waals surface area contributed by atoms with Gasteiger partial charge < -0.3 is 0 Å². The van der Waals surface area contributed by atoms with E-state index in [9.17, 15) is 14.5 Å². The van der Waals surface area contributed by atoms with E-state index in [4.69, 9.17) is 0 Å². The largest absolute Gasteiger partial charge is 0.269 e.